The average Bonchev–Trinajstić information content (AvgIpc) is 3.38. The lowest BCUT2D eigenvalue weighted by Gasteiger charge is -2.24. The third-order valence-corrected chi connectivity index (χ3v) is 6.23. The fourth-order valence-electron chi connectivity index (χ4n) is 4.34. The van der Waals surface area contributed by atoms with Gasteiger partial charge >= 0.3 is 0 Å². The minimum Gasteiger partial charge on any atom is -0.373 e. The van der Waals surface area contributed by atoms with Crippen LogP contribution < -0.4 is 15.5 Å². The molecule has 1 unspecified atom stereocenters. The molecule has 2 aromatic carbocycles. The van der Waals surface area contributed by atoms with E-state index in [4.69, 9.17) is 0 Å². The zero-order valence-electron chi connectivity index (χ0n) is 17.8. The minimum atomic E-state index is -0.627. The zero-order valence-corrected chi connectivity index (χ0v) is 17.8. The lowest BCUT2D eigenvalue weighted by Crippen LogP contribution is -2.37. The predicted octanol–water partition coefficient (Wildman–Crippen LogP) is 3.31. The average molecular weight is 428 g/mol. The number of fused-ring (bicyclic) bond motifs is 1. The molecule has 0 aliphatic carbocycles. The van der Waals surface area contributed by atoms with Crippen molar-refractivity contribution in [3.8, 4) is 0 Å². The van der Waals surface area contributed by atoms with Crippen LogP contribution in [0.25, 0.3) is 0 Å². The molecule has 2 aromatic rings. The van der Waals surface area contributed by atoms with Gasteiger partial charge in [-0.3, -0.25) is 9.59 Å². The van der Waals surface area contributed by atoms with E-state index >= 15 is 0 Å². The van der Waals surface area contributed by atoms with E-state index < -0.39 is 11.9 Å². The first-order valence-electron chi connectivity index (χ1n) is 10.4. The monoisotopic (exact) mass is 428 g/mol. The standard InChI is InChI=1S/C23H26F2N4O2/c1-13-4-5-20(25)19-11-21(27-22(13)19)23(31)26-16-8-15(24)9-18(10-16)29-7-6-17(12-29)28(3)14(2)30/h4-5,8-10,17,21,27H,6-7,11-12H2,1-3H3,(H,26,31)/t17-,21?/m1/s1. The number of carbonyl (C=O) groups is 2. The number of hydrogen-bond acceptors (Lipinski definition) is 4. The number of nitrogens with one attached hydrogen (secondary N) is 2. The SMILES string of the molecule is CC(=O)N(C)[C@@H]1CCN(c2cc(F)cc(NC(=O)C3Cc4c(F)ccc(C)c4N3)c2)C1. The zero-order chi connectivity index (χ0) is 22.3. The first-order chi connectivity index (χ1) is 14.7. The first kappa shape index (κ1) is 21.1. The van der Waals surface area contributed by atoms with E-state index in [-0.39, 0.29) is 30.1 Å². The molecule has 2 amide bonds. The highest BCUT2D eigenvalue weighted by Gasteiger charge is 2.31. The van der Waals surface area contributed by atoms with Gasteiger partial charge < -0.3 is 20.4 Å². The molecule has 164 valence electrons. The lowest BCUT2D eigenvalue weighted by atomic mass is 10.1. The van der Waals surface area contributed by atoms with Crippen molar-refractivity contribution in [3.63, 3.8) is 0 Å². The molecule has 2 N–H and O–H groups in total. The van der Waals surface area contributed by atoms with Gasteiger partial charge in [-0.2, -0.15) is 0 Å². The van der Waals surface area contributed by atoms with E-state index in [2.05, 4.69) is 10.6 Å². The summed E-state index contributed by atoms with van der Waals surface area (Å²) in [6, 6.07) is 6.94. The van der Waals surface area contributed by atoms with Gasteiger partial charge in [0.05, 0.1) is 6.04 Å². The Hall–Kier alpha value is -3.16. The largest absolute Gasteiger partial charge is 0.373 e. The number of nitrogens with zero attached hydrogens (tertiary/aromatic N) is 2. The third kappa shape index (κ3) is 4.19. The number of hydrogen-bond donors (Lipinski definition) is 2. The van der Waals surface area contributed by atoms with Crippen LogP contribution in [-0.2, 0) is 16.0 Å². The van der Waals surface area contributed by atoms with Gasteiger partial charge in [0.1, 0.15) is 17.7 Å². The van der Waals surface area contributed by atoms with Gasteiger partial charge in [0, 0.05) is 56.1 Å². The summed E-state index contributed by atoms with van der Waals surface area (Å²) in [4.78, 5) is 28.1. The molecule has 2 aliphatic heterocycles. The van der Waals surface area contributed by atoms with Crippen LogP contribution in [-0.4, -0.2) is 48.9 Å². The highest BCUT2D eigenvalue weighted by atomic mass is 19.1. The van der Waals surface area contributed by atoms with Gasteiger partial charge in [0.2, 0.25) is 11.8 Å². The topological polar surface area (TPSA) is 64.7 Å². The molecule has 6 nitrogen and oxygen atoms in total. The number of aryl methyl sites for hydroxylation is 1. The van der Waals surface area contributed by atoms with Crippen LogP contribution in [0.5, 0.6) is 0 Å². The molecular weight excluding hydrogens is 402 g/mol. The van der Waals surface area contributed by atoms with Gasteiger partial charge in [-0.25, -0.2) is 8.78 Å². The van der Waals surface area contributed by atoms with E-state index in [0.717, 1.165) is 12.0 Å². The molecular formula is C23H26F2N4O2. The van der Waals surface area contributed by atoms with Crippen molar-refractivity contribution in [3.05, 3.63) is 53.1 Å². The van der Waals surface area contributed by atoms with Crippen LogP contribution in [0.15, 0.2) is 30.3 Å². The van der Waals surface area contributed by atoms with E-state index in [1.807, 2.05) is 11.8 Å². The number of likely N-dealkylation sites (N-methyl/N-ethyl adjacent to an activating group) is 1. The minimum absolute atomic E-state index is 0.00391. The summed E-state index contributed by atoms with van der Waals surface area (Å²) in [5, 5.41) is 5.84. The molecule has 1 fully saturated rings. The second-order valence-electron chi connectivity index (χ2n) is 8.32. The highest BCUT2D eigenvalue weighted by Crippen LogP contribution is 2.32. The van der Waals surface area contributed by atoms with Crippen molar-refractivity contribution >= 4 is 28.9 Å². The molecule has 0 saturated carbocycles. The Morgan fingerprint density at radius 3 is 2.71 bits per heavy atom. The van der Waals surface area contributed by atoms with E-state index in [1.165, 1.54) is 25.1 Å². The Morgan fingerprint density at radius 1 is 1.23 bits per heavy atom. The number of halogens is 2. The van der Waals surface area contributed by atoms with Crippen molar-refractivity contribution in [2.75, 3.05) is 35.7 Å². The first-order valence-corrected chi connectivity index (χ1v) is 10.4. The molecule has 31 heavy (non-hydrogen) atoms. The molecule has 0 spiro atoms. The van der Waals surface area contributed by atoms with E-state index in [9.17, 15) is 18.4 Å². The van der Waals surface area contributed by atoms with Crippen molar-refractivity contribution in [1.29, 1.82) is 0 Å². The summed E-state index contributed by atoms with van der Waals surface area (Å²) in [7, 11) is 1.77. The Bertz CT molecular complexity index is 1010. The van der Waals surface area contributed by atoms with Crippen molar-refractivity contribution in [1.82, 2.24) is 4.90 Å². The summed E-state index contributed by atoms with van der Waals surface area (Å²) in [5.74, 6) is -1.14. The van der Waals surface area contributed by atoms with Crippen LogP contribution in [0, 0.1) is 18.6 Å². The molecule has 0 aromatic heterocycles. The summed E-state index contributed by atoms with van der Waals surface area (Å²) in [6.07, 6.45) is 1.03. The van der Waals surface area contributed by atoms with Crippen molar-refractivity contribution < 1.29 is 18.4 Å². The maximum Gasteiger partial charge on any atom is 0.247 e. The van der Waals surface area contributed by atoms with Gasteiger partial charge in [0.15, 0.2) is 0 Å². The van der Waals surface area contributed by atoms with E-state index in [0.29, 0.717) is 35.7 Å². The summed E-state index contributed by atoms with van der Waals surface area (Å²) in [5.41, 5.74) is 3.02. The van der Waals surface area contributed by atoms with Gasteiger partial charge in [-0.05, 0) is 43.2 Å². The Morgan fingerprint density at radius 2 is 2.00 bits per heavy atom. The van der Waals surface area contributed by atoms with Crippen LogP contribution >= 0.6 is 0 Å². The fraction of sp³-hybridized carbons (Fsp3) is 0.391. The number of rotatable bonds is 4. The number of carbonyl (C=O) groups excluding carboxylic acids is 2. The maximum absolute atomic E-state index is 14.3. The van der Waals surface area contributed by atoms with Crippen molar-refractivity contribution in [2.45, 2.75) is 38.8 Å². The van der Waals surface area contributed by atoms with Crippen LogP contribution in [0.1, 0.15) is 24.5 Å². The Kier molecular flexibility index (Phi) is 5.56. The number of benzene rings is 2. The Labute approximate surface area is 180 Å². The van der Waals surface area contributed by atoms with Crippen LogP contribution in [0.4, 0.5) is 25.8 Å². The third-order valence-electron chi connectivity index (χ3n) is 6.23. The van der Waals surface area contributed by atoms with Gasteiger partial charge in [0.25, 0.3) is 0 Å². The summed E-state index contributed by atoms with van der Waals surface area (Å²) < 4.78 is 28.4. The predicted molar refractivity (Wildman–Crippen MR) is 116 cm³/mol. The smallest absolute Gasteiger partial charge is 0.247 e. The van der Waals surface area contributed by atoms with Gasteiger partial charge in [-0.1, -0.05) is 6.07 Å². The number of amides is 2. The number of anilines is 3. The lowest BCUT2D eigenvalue weighted by molar-refractivity contribution is -0.129. The molecule has 4 rings (SSSR count). The molecule has 0 bridgehead atoms. The second-order valence-corrected chi connectivity index (χ2v) is 8.32. The highest BCUT2D eigenvalue weighted by molar-refractivity contribution is 5.98. The maximum atomic E-state index is 14.3. The molecule has 0 radical (unpaired) electrons. The molecule has 2 atom stereocenters. The van der Waals surface area contributed by atoms with E-state index in [1.54, 1.807) is 24.1 Å². The normalized spacial score (nSPS) is 19.7. The summed E-state index contributed by atoms with van der Waals surface area (Å²) in [6.45, 7) is 4.68. The van der Waals surface area contributed by atoms with Crippen LogP contribution in [0.3, 0.4) is 0 Å². The Balaban J connectivity index is 1.46. The van der Waals surface area contributed by atoms with Gasteiger partial charge in [-0.15, -0.1) is 0 Å². The fourth-order valence-corrected chi connectivity index (χ4v) is 4.34. The molecule has 8 heteroatoms. The molecule has 1 saturated heterocycles. The quantitative estimate of drug-likeness (QED) is 0.784. The molecule has 2 heterocycles. The van der Waals surface area contributed by atoms with Crippen molar-refractivity contribution in [2.24, 2.45) is 0 Å². The second kappa shape index (κ2) is 8.17. The summed E-state index contributed by atoms with van der Waals surface area (Å²) >= 11 is 0. The molecule has 2 aliphatic rings. The van der Waals surface area contributed by atoms with Crippen LogP contribution in [0.2, 0.25) is 0 Å².